The molecule has 1 heterocycles. The van der Waals surface area contributed by atoms with Crippen molar-refractivity contribution in [2.24, 2.45) is 0 Å². The average molecular weight is 336 g/mol. The van der Waals surface area contributed by atoms with Gasteiger partial charge in [0.25, 0.3) is 5.91 Å². The summed E-state index contributed by atoms with van der Waals surface area (Å²) in [7, 11) is 0. The van der Waals surface area contributed by atoms with Crippen LogP contribution in [0.2, 0.25) is 0 Å². The van der Waals surface area contributed by atoms with Crippen molar-refractivity contribution in [3.8, 4) is 0 Å². The summed E-state index contributed by atoms with van der Waals surface area (Å²) in [5.41, 5.74) is 2.83. The van der Waals surface area contributed by atoms with Crippen molar-refractivity contribution in [2.45, 2.75) is 13.3 Å². The Labute approximate surface area is 144 Å². The number of amides is 1. The molecule has 2 aromatic carbocycles. The number of benzene rings is 2. The van der Waals surface area contributed by atoms with Crippen molar-refractivity contribution in [3.63, 3.8) is 0 Å². The molecule has 120 valence electrons. The maximum atomic E-state index is 12.3. The number of carbonyl (C=O) groups is 2. The molecule has 0 unspecified atom stereocenters. The van der Waals surface area contributed by atoms with Crippen molar-refractivity contribution < 1.29 is 9.59 Å². The van der Waals surface area contributed by atoms with Crippen molar-refractivity contribution in [3.05, 3.63) is 81.8 Å². The van der Waals surface area contributed by atoms with Gasteiger partial charge in [0.05, 0.1) is 5.01 Å². The third-order valence-electron chi connectivity index (χ3n) is 3.53. The van der Waals surface area contributed by atoms with E-state index in [1.165, 1.54) is 23.8 Å². The molecule has 24 heavy (non-hydrogen) atoms. The predicted molar refractivity (Wildman–Crippen MR) is 95.8 cm³/mol. The Bertz CT molecular complexity index is 855. The Morgan fingerprint density at radius 3 is 2.42 bits per heavy atom. The zero-order chi connectivity index (χ0) is 16.9. The first-order chi connectivity index (χ1) is 11.6. The number of Topliss-reactive ketones (excluding diaryl/α,β-unsaturated/α-hetero) is 1. The second-order valence-corrected chi connectivity index (χ2v) is 6.32. The Morgan fingerprint density at radius 1 is 1.04 bits per heavy atom. The second-order valence-electron chi connectivity index (χ2n) is 5.38. The molecule has 3 rings (SSSR count). The van der Waals surface area contributed by atoms with E-state index >= 15 is 0 Å². The maximum Gasteiger partial charge on any atom is 0.275 e. The highest BCUT2D eigenvalue weighted by molar-refractivity contribution is 7.09. The zero-order valence-corrected chi connectivity index (χ0v) is 14.0. The number of aromatic nitrogens is 1. The van der Waals surface area contributed by atoms with E-state index in [4.69, 9.17) is 0 Å². The summed E-state index contributed by atoms with van der Waals surface area (Å²) in [6.45, 7) is 1.51. The van der Waals surface area contributed by atoms with Crippen molar-refractivity contribution in [1.29, 1.82) is 0 Å². The lowest BCUT2D eigenvalue weighted by molar-refractivity contribution is 0.101. The lowest BCUT2D eigenvalue weighted by atomic mass is 10.1. The van der Waals surface area contributed by atoms with Crippen LogP contribution in [0, 0.1) is 0 Å². The van der Waals surface area contributed by atoms with E-state index in [2.05, 4.69) is 10.3 Å². The van der Waals surface area contributed by atoms with Crippen molar-refractivity contribution >= 4 is 28.7 Å². The van der Waals surface area contributed by atoms with Gasteiger partial charge in [0.1, 0.15) is 5.69 Å². The Kier molecular flexibility index (Phi) is 4.82. The minimum Gasteiger partial charge on any atom is -0.321 e. The van der Waals surface area contributed by atoms with Gasteiger partial charge in [-0.05, 0) is 36.8 Å². The molecule has 0 aliphatic carbocycles. The predicted octanol–water partition coefficient (Wildman–Crippen LogP) is 4.19. The van der Waals surface area contributed by atoms with Gasteiger partial charge >= 0.3 is 0 Å². The van der Waals surface area contributed by atoms with Gasteiger partial charge in [0, 0.05) is 23.1 Å². The molecule has 0 radical (unpaired) electrons. The highest BCUT2D eigenvalue weighted by Gasteiger charge is 2.11. The van der Waals surface area contributed by atoms with Crippen LogP contribution in [0.3, 0.4) is 0 Å². The number of carbonyl (C=O) groups excluding carboxylic acids is 2. The average Bonchev–Trinajstić information content (AvgIpc) is 3.05. The summed E-state index contributed by atoms with van der Waals surface area (Å²) >= 11 is 1.47. The summed E-state index contributed by atoms with van der Waals surface area (Å²) in [4.78, 5) is 27.9. The van der Waals surface area contributed by atoms with Gasteiger partial charge < -0.3 is 5.32 Å². The SMILES string of the molecule is CC(=O)c1ccc(NC(=O)c2csc(Cc3ccccc3)n2)cc1. The number of thiazole rings is 1. The van der Waals surface area contributed by atoms with Crippen molar-refractivity contribution in [2.75, 3.05) is 5.32 Å². The largest absolute Gasteiger partial charge is 0.321 e. The molecule has 0 saturated carbocycles. The minimum atomic E-state index is -0.249. The number of anilines is 1. The first kappa shape index (κ1) is 16.1. The highest BCUT2D eigenvalue weighted by atomic mass is 32.1. The highest BCUT2D eigenvalue weighted by Crippen LogP contribution is 2.17. The third-order valence-corrected chi connectivity index (χ3v) is 4.38. The molecule has 4 nitrogen and oxygen atoms in total. The van der Waals surface area contributed by atoms with Gasteiger partial charge in [-0.2, -0.15) is 0 Å². The summed E-state index contributed by atoms with van der Waals surface area (Å²) in [6.07, 6.45) is 0.714. The summed E-state index contributed by atoms with van der Waals surface area (Å²) in [5.74, 6) is -0.251. The van der Waals surface area contributed by atoms with Gasteiger partial charge in [-0.3, -0.25) is 9.59 Å². The maximum absolute atomic E-state index is 12.3. The van der Waals surface area contributed by atoms with E-state index < -0.39 is 0 Å². The zero-order valence-electron chi connectivity index (χ0n) is 13.2. The van der Waals surface area contributed by atoms with Crippen LogP contribution in [0.5, 0.6) is 0 Å². The molecule has 1 amide bonds. The van der Waals surface area contributed by atoms with E-state index in [0.717, 1.165) is 5.01 Å². The topological polar surface area (TPSA) is 59.1 Å². The van der Waals surface area contributed by atoms with Crippen LogP contribution in [0.15, 0.2) is 60.0 Å². The number of nitrogens with one attached hydrogen (secondary N) is 1. The van der Waals surface area contributed by atoms with Crippen molar-refractivity contribution in [1.82, 2.24) is 4.98 Å². The standard InChI is InChI=1S/C19H16N2O2S/c1-13(22)15-7-9-16(10-8-15)20-19(23)17-12-24-18(21-17)11-14-5-3-2-4-6-14/h2-10,12H,11H2,1H3,(H,20,23). The molecule has 5 heteroatoms. The van der Waals surface area contributed by atoms with Crippen LogP contribution in [0.1, 0.15) is 38.3 Å². The first-order valence-corrected chi connectivity index (χ1v) is 8.40. The molecule has 0 bridgehead atoms. The fourth-order valence-corrected chi connectivity index (χ4v) is 3.06. The second kappa shape index (κ2) is 7.19. The quantitative estimate of drug-likeness (QED) is 0.711. The van der Waals surface area contributed by atoms with Crippen LogP contribution in [-0.2, 0) is 6.42 Å². The molecule has 0 saturated heterocycles. The molecule has 0 fully saturated rings. The Morgan fingerprint density at radius 2 is 1.75 bits per heavy atom. The summed E-state index contributed by atoms with van der Waals surface area (Å²) in [5, 5.41) is 5.46. The minimum absolute atomic E-state index is 0.00192. The summed E-state index contributed by atoms with van der Waals surface area (Å²) in [6, 6.07) is 16.8. The molecular formula is C19H16N2O2S. The van der Waals surface area contributed by atoms with E-state index in [-0.39, 0.29) is 11.7 Å². The van der Waals surface area contributed by atoms with E-state index in [0.29, 0.717) is 23.4 Å². The van der Waals surface area contributed by atoms with Crippen LogP contribution < -0.4 is 5.32 Å². The number of hydrogen-bond donors (Lipinski definition) is 1. The van der Waals surface area contributed by atoms with Crippen LogP contribution in [-0.4, -0.2) is 16.7 Å². The van der Waals surface area contributed by atoms with E-state index in [9.17, 15) is 9.59 Å². The summed E-state index contributed by atoms with van der Waals surface area (Å²) < 4.78 is 0. The molecule has 1 aromatic heterocycles. The van der Waals surface area contributed by atoms with Gasteiger partial charge in [-0.25, -0.2) is 4.98 Å². The number of hydrogen-bond acceptors (Lipinski definition) is 4. The molecule has 0 atom stereocenters. The van der Waals surface area contributed by atoms with E-state index in [1.807, 2.05) is 30.3 Å². The van der Waals surface area contributed by atoms with Gasteiger partial charge in [0.15, 0.2) is 5.78 Å². The van der Waals surface area contributed by atoms with Gasteiger partial charge in [-0.15, -0.1) is 11.3 Å². The molecule has 0 aliphatic heterocycles. The first-order valence-electron chi connectivity index (χ1n) is 7.52. The molecule has 0 spiro atoms. The number of ketones is 1. The van der Waals surface area contributed by atoms with E-state index in [1.54, 1.807) is 29.6 Å². The fraction of sp³-hybridized carbons (Fsp3) is 0.105. The fourth-order valence-electron chi connectivity index (χ4n) is 2.25. The monoisotopic (exact) mass is 336 g/mol. The molecular weight excluding hydrogens is 320 g/mol. The molecule has 3 aromatic rings. The normalized spacial score (nSPS) is 10.4. The smallest absolute Gasteiger partial charge is 0.275 e. The van der Waals surface area contributed by atoms with Gasteiger partial charge in [-0.1, -0.05) is 30.3 Å². The van der Waals surface area contributed by atoms with Gasteiger partial charge in [0.2, 0.25) is 0 Å². The molecule has 1 N–H and O–H groups in total. The third kappa shape index (κ3) is 3.94. The molecule has 0 aliphatic rings. The Balaban J connectivity index is 1.66. The van der Waals surface area contributed by atoms with Crippen LogP contribution >= 0.6 is 11.3 Å². The lowest BCUT2D eigenvalue weighted by Crippen LogP contribution is -2.12. The number of nitrogens with zero attached hydrogens (tertiary/aromatic N) is 1. The van der Waals surface area contributed by atoms with Crippen LogP contribution in [0.25, 0.3) is 0 Å². The Hall–Kier alpha value is -2.79. The number of rotatable bonds is 5. The lowest BCUT2D eigenvalue weighted by Gasteiger charge is -2.03. The van der Waals surface area contributed by atoms with Crippen LogP contribution in [0.4, 0.5) is 5.69 Å².